The number of H-pyrrole nitrogens is 1. The van der Waals surface area contributed by atoms with Gasteiger partial charge < -0.3 is 9.88 Å². The molecule has 0 aliphatic carbocycles. The molecule has 126 valence electrons. The monoisotopic (exact) mass is 335 g/mol. The van der Waals surface area contributed by atoms with E-state index in [4.69, 9.17) is 0 Å². The summed E-state index contributed by atoms with van der Waals surface area (Å²) in [6, 6.07) is 7.32. The molecule has 0 saturated heterocycles. The number of anilines is 1. The lowest BCUT2D eigenvalue weighted by Gasteiger charge is -2.21. The van der Waals surface area contributed by atoms with Crippen LogP contribution in [0.5, 0.6) is 0 Å². The van der Waals surface area contributed by atoms with Crippen molar-refractivity contribution in [1.29, 1.82) is 0 Å². The van der Waals surface area contributed by atoms with Gasteiger partial charge in [-0.3, -0.25) is 9.48 Å². The summed E-state index contributed by atoms with van der Waals surface area (Å²) in [5.74, 6) is 1.37. The molecule has 0 atom stereocenters. The number of para-hydroxylation sites is 1. The molecule has 1 N–H and O–H groups in total. The Labute approximate surface area is 143 Å². The van der Waals surface area contributed by atoms with E-state index in [1.165, 1.54) is 6.33 Å². The topological polar surface area (TPSA) is 92.6 Å². The molecule has 0 unspecified atom stereocenters. The number of rotatable bonds is 4. The highest BCUT2D eigenvalue weighted by Crippen LogP contribution is 2.23. The molecule has 4 aromatic rings. The number of fused-ring (bicyclic) bond motifs is 2. The van der Waals surface area contributed by atoms with Gasteiger partial charge >= 0.3 is 0 Å². The second-order valence-corrected chi connectivity index (χ2v) is 5.75. The van der Waals surface area contributed by atoms with Gasteiger partial charge in [0, 0.05) is 13.6 Å². The second kappa shape index (κ2) is 5.97. The number of nitrogens with zero attached hydrogens (tertiary/aromatic N) is 6. The van der Waals surface area contributed by atoms with Gasteiger partial charge in [0.1, 0.15) is 18.0 Å². The maximum absolute atomic E-state index is 12.3. The summed E-state index contributed by atoms with van der Waals surface area (Å²) < 4.78 is 1.71. The summed E-state index contributed by atoms with van der Waals surface area (Å²) in [6.45, 7) is 3.18. The summed E-state index contributed by atoms with van der Waals surface area (Å²) in [5.41, 5.74) is 1.32. The fraction of sp³-hybridized carbons (Fsp3) is 0.235. The van der Waals surface area contributed by atoms with Crippen molar-refractivity contribution in [2.24, 2.45) is 7.05 Å². The zero-order valence-corrected chi connectivity index (χ0v) is 14.0. The van der Waals surface area contributed by atoms with Crippen LogP contribution in [0.1, 0.15) is 12.7 Å². The van der Waals surface area contributed by atoms with Crippen LogP contribution in [0.4, 0.5) is 5.82 Å². The van der Waals surface area contributed by atoms with Gasteiger partial charge in [0.25, 0.3) is 5.56 Å². The molecule has 0 fully saturated rings. The van der Waals surface area contributed by atoms with Gasteiger partial charge in [-0.2, -0.15) is 5.10 Å². The standard InChI is InChI=1S/C17H17N7O/c1-3-24(16-12-8-20-23(2)15(12)18-10-19-16)9-14-21-13-7-5-4-6-11(13)17(25)22-14/h4-8,10H,3,9H2,1-2H3,(H,21,22,25). The Morgan fingerprint density at radius 2 is 2.04 bits per heavy atom. The van der Waals surface area contributed by atoms with Gasteiger partial charge in [0.15, 0.2) is 5.65 Å². The number of aromatic amines is 1. The predicted octanol–water partition coefficient (Wildman–Crippen LogP) is 1.63. The summed E-state index contributed by atoms with van der Waals surface area (Å²) in [4.78, 5) is 30.4. The van der Waals surface area contributed by atoms with Crippen molar-refractivity contribution in [3.05, 3.63) is 53.0 Å². The van der Waals surface area contributed by atoms with Crippen molar-refractivity contribution in [1.82, 2.24) is 29.7 Å². The Hall–Kier alpha value is -3.29. The maximum Gasteiger partial charge on any atom is 0.258 e. The summed E-state index contributed by atoms with van der Waals surface area (Å²) in [7, 11) is 1.85. The minimum absolute atomic E-state index is 0.133. The van der Waals surface area contributed by atoms with Crippen LogP contribution >= 0.6 is 0 Å². The lowest BCUT2D eigenvalue weighted by Crippen LogP contribution is -2.26. The average Bonchev–Trinajstić information content (AvgIpc) is 3.01. The molecule has 1 aromatic carbocycles. The van der Waals surface area contributed by atoms with E-state index < -0.39 is 0 Å². The Morgan fingerprint density at radius 3 is 2.88 bits per heavy atom. The van der Waals surface area contributed by atoms with Crippen molar-refractivity contribution in [3.63, 3.8) is 0 Å². The van der Waals surface area contributed by atoms with Gasteiger partial charge in [-0.25, -0.2) is 15.0 Å². The van der Waals surface area contributed by atoms with Crippen LogP contribution in [-0.4, -0.2) is 36.3 Å². The summed E-state index contributed by atoms with van der Waals surface area (Å²) in [6.07, 6.45) is 3.28. The lowest BCUT2D eigenvalue weighted by molar-refractivity contribution is 0.768. The van der Waals surface area contributed by atoms with Crippen LogP contribution in [-0.2, 0) is 13.6 Å². The minimum atomic E-state index is -0.133. The van der Waals surface area contributed by atoms with Crippen LogP contribution in [0, 0.1) is 0 Å². The van der Waals surface area contributed by atoms with Crippen molar-refractivity contribution in [2.45, 2.75) is 13.5 Å². The molecular formula is C17H17N7O. The van der Waals surface area contributed by atoms with E-state index in [9.17, 15) is 4.79 Å². The molecule has 0 bridgehead atoms. The highest BCUT2D eigenvalue weighted by molar-refractivity contribution is 5.86. The first-order valence-corrected chi connectivity index (χ1v) is 8.03. The fourth-order valence-corrected chi connectivity index (χ4v) is 2.93. The molecule has 0 amide bonds. The van der Waals surface area contributed by atoms with E-state index in [0.29, 0.717) is 29.8 Å². The van der Waals surface area contributed by atoms with Gasteiger partial charge in [-0.15, -0.1) is 0 Å². The third-order valence-electron chi connectivity index (χ3n) is 4.19. The van der Waals surface area contributed by atoms with Crippen LogP contribution in [0.25, 0.3) is 21.9 Å². The molecule has 25 heavy (non-hydrogen) atoms. The Morgan fingerprint density at radius 1 is 1.20 bits per heavy atom. The average molecular weight is 335 g/mol. The number of hydrogen-bond acceptors (Lipinski definition) is 6. The third-order valence-corrected chi connectivity index (χ3v) is 4.19. The maximum atomic E-state index is 12.3. The second-order valence-electron chi connectivity index (χ2n) is 5.75. The van der Waals surface area contributed by atoms with Crippen LogP contribution in [0.3, 0.4) is 0 Å². The van der Waals surface area contributed by atoms with Crippen LogP contribution in [0.2, 0.25) is 0 Å². The molecular weight excluding hydrogens is 318 g/mol. The summed E-state index contributed by atoms with van der Waals surface area (Å²) >= 11 is 0. The number of benzene rings is 1. The zero-order valence-electron chi connectivity index (χ0n) is 14.0. The first-order valence-electron chi connectivity index (χ1n) is 8.03. The van der Waals surface area contributed by atoms with Gasteiger partial charge in [-0.1, -0.05) is 12.1 Å². The van der Waals surface area contributed by atoms with E-state index >= 15 is 0 Å². The predicted molar refractivity (Wildman–Crippen MR) is 95.4 cm³/mol. The Balaban J connectivity index is 1.76. The number of hydrogen-bond donors (Lipinski definition) is 1. The number of nitrogens with one attached hydrogen (secondary N) is 1. The molecule has 4 rings (SSSR count). The highest BCUT2D eigenvalue weighted by atomic mass is 16.1. The first kappa shape index (κ1) is 15.3. The van der Waals surface area contributed by atoms with E-state index in [1.54, 1.807) is 16.9 Å². The highest BCUT2D eigenvalue weighted by Gasteiger charge is 2.15. The van der Waals surface area contributed by atoms with Crippen LogP contribution in [0.15, 0.2) is 41.6 Å². The van der Waals surface area contributed by atoms with Crippen molar-refractivity contribution < 1.29 is 0 Å². The Bertz CT molecular complexity index is 1110. The third kappa shape index (κ3) is 2.61. The minimum Gasteiger partial charge on any atom is -0.349 e. The molecule has 3 heterocycles. The number of aryl methyl sites for hydroxylation is 1. The molecule has 0 spiro atoms. The lowest BCUT2D eigenvalue weighted by atomic mass is 10.2. The number of aromatic nitrogens is 6. The van der Waals surface area contributed by atoms with Gasteiger partial charge in [0.05, 0.1) is 29.0 Å². The molecule has 3 aromatic heterocycles. The van der Waals surface area contributed by atoms with Crippen molar-refractivity contribution in [2.75, 3.05) is 11.4 Å². The molecule has 0 aliphatic heterocycles. The van der Waals surface area contributed by atoms with E-state index in [2.05, 4.69) is 25.0 Å². The summed E-state index contributed by atoms with van der Waals surface area (Å²) in [5, 5.41) is 5.71. The smallest absolute Gasteiger partial charge is 0.258 e. The fourth-order valence-electron chi connectivity index (χ4n) is 2.93. The molecule has 0 aliphatic rings. The molecule has 8 heteroatoms. The Kier molecular flexibility index (Phi) is 3.64. The van der Waals surface area contributed by atoms with Gasteiger partial charge in [-0.05, 0) is 19.1 Å². The van der Waals surface area contributed by atoms with E-state index in [1.807, 2.05) is 37.1 Å². The largest absolute Gasteiger partial charge is 0.349 e. The van der Waals surface area contributed by atoms with Crippen molar-refractivity contribution in [3.8, 4) is 0 Å². The zero-order chi connectivity index (χ0) is 17.4. The van der Waals surface area contributed by atoms with E-state index in [0.717, 1.165) is 16.9 Å². The van der Waals surface area contributed by atoms with Gasteiger partial charge in [0.2, 0.25) is 0 Å². The first-order chi connectivity index (χ1) is 12.2. The SMILES string of the molecule is CCN(Cc1nc2ccccc2c(=O)[nH]1)c1ncnc2c1cnn2C. The van der Waals surface area contributed by atoms with Crippen molar-refractivity contribution >= 4 is 27.8 Å². The van der Waals surface area contributed by atoms with Crippen LogP contribution < -0.4 is 10.5 Å². The molecule has 0 radical (unpaired) electrons. The van der Waals surface area contributed by atoms with E-state index in [-0.39, 0.29) is 5.56 Å². The molecule has 0 saturated carbocycles. The molecule has 8 nitrogen and oxygen atoms in total. The normalized spacial score (nSPS) is 11.3. The quantitative estimate of drug-likeness (QED) is 0.609.